The number of hydrogen-bond donors (Lipinski definition) is 1. The summed E-state index contributed by atoms with van der Waals surface area (Å²) in [4.78, 5) is 18.6. The number of carbonyl (C=O) groups is 1. The van der Waals surface area contributed by atoms with E-state index in [1.165, 1.54) is 11.1 Å². The first kappa shape index (κ1) is 20.4. The Balaban J connectivity index is 2.03. The highest BCUT2D eigenvalue weighted by Gasteiger charge is 2.22. The molecule has 3 aromatic rings. The second-order valence-electron chi connectivity index (χ2n) is 7.33. The van der Waals surface area contributed by atoms with E-state index in [1.54, 1.807) is 11.8 Å². The number of imidazole rings is 1. The molecule has 146 valence electrons. The molecule has 0 aliphatic carbocycles. The van der Waals surface area contributed by atoms with Crippen LogP contribution in [0.3, 0.4) is 0 Å². The first-order valence-electron chi connectivity index (χ1n) is 9.43. The fraction of sp³-hybridized carbons (Fsp3) is 0.304. The summed E-state index contributed by atoms with van der Waals surface area (Å²) in [6.07, 6.45) is 0. The van der Waals surface area contributed by atoms with E-state index in [2.05, 4.69) is 50.9 Å². The average Bonchev–Trinajstić information content (AvgIpc) is 2.99. The van der Waals surface area contributed by atoms with E-state index in [1.807, 2.05) is 34.9 Å². The molecule has 0 aliphatic heterocycles. The molecule has 0 saturated heterocycles. The topological polar surface area (TPSA) is 55.1 Å². The van der Waals surface area contributed by atoms with Crippen molar-refractivity contribution < 1.29 is 9.90 Å². The van der Waals surface area contributed by atoms with Crippen LogP contribution in [0, 0.1) is 13.8 Å². The van der Waals surface area contributed by atoms with E-state index in [4.69, 9.17) is 0 Å². The molecular formula is C23H26N2O2S. The first-order valence-corrected chi connectivity index (χ1v) is 10.2. The van der Waals surface area contributed by atoms with Gasteiger partial charge < -0.3 is 9.67 Å². The van der Waals surface area contributed by atoms with Gasteiger partial charge in [-0.1, -0.05) is 62.0 Å². The molecule has 28 heavy (non-hydrogen) atoms. The van der Waals surface area contributed by atoms with Crippen LogP contribution in [0.4, 0.5) is 0 Å². The summed E-state index contributed by atoms with van der Waals surface area (Å²) in [7, 11) is 0. The predicted molar refractivity (Wildman–Crippen MR) is 113 cm³/mol. The Hall–Kier alpha value is -2.37. The molecule has 0 amide bonds. The molecule has 0 atom stereocenters. The van der Waals surface area contributed by atoms with Gasteiger partial charge in [-0.05, 0) is 43.0 Å². The van der Waals surface area contributed by atoms with Crippen LogP contribution in [-0.4, -0.2) is 20.4 Å². The van der Waals surface area contributed by atoms with E-state index in [9.17, 15) is 9.90 Å². The van der Waals surface area contributed by atoms with Crippen LogP contribution in [0.5, 0.6) is 0 Å². The number of ketones is 1. The van der Waals surface area contributed by atoms with Gasteiger partial charge in [-0.3, -0.25) is 4.79 Å². The van der Waals surface area contributed by atoms with Crippen LogP contribution in [0.15, 0.2) is 58.5 Å². The van der Waals surface area contributed by atoms with Crippen molar-refractivity contribution in [3.8, 4) is 0 Å². The fourth-order valence-electron chi connectivity index (χ4n) is 3.23. The van der Waals surface area contributed by atoms with E-state index < -0.39 is 0 Å². The Bertz CT molecular complexity index is 958. The monoisotopic (exact) mass is 394 g/mol. The fourth-order valence-corrected chi connectivity index (χ4v) is 4.61. The third-order valence-electron chi connectivity index (χ3n) is 4.52. The minimum absolute atomic E-state index is 0.00489. The summed E-state index contributed by atoms with van der Waals surface area (Å²) in [5.74, 6) is 0.719. The largest absolute Gasteiger partial charge is 0.388 e. The number of aromatic nitrogens is 2. The number of Topliss-reactive ketones (excluding diaryl/α,β-unsaturated/α-hetero) is 1. The van der Waals surface area contributed by atoms with E-state index in [0.717, 1.165) is 15.6 Å². The van der Waals surface area contributed by atoms with Crippen molar-refractivity contribution in [3.63, 3.8) is 0 Å². The van der Waals surface area contributed by atoms with Crippen molar-refractivity contribution in [2.75, 3.05) is 0 Å². The Kier molecular flexibility index (Phi) is 6.37. The van der Waals surface area contributed by atoms with E-state index >= 15 is 0 Å². The molecule has 0 bridgehead atoms. The molecule has 1 N–H and O–H groups in total. The van der Waals surface area contributed by atoms with Gasteiger partial charge in [0.05, 0.1) is 12.2 Å². The summed E-state index contributed by atoms with van der Waals surface area (Å²) in [6.45, 7) is 8.28. The minimum Gasteiger partial charge on any atom is -0.388 e. The molecule has 3 rings (SSSR count). The number of carbonyl (C=O) groups excluding carboxylic acids is 1. The molecule has 1 heterocycles. The lowest BCUT2D eigenvalue weighted by molar-refractivity contribution is 0.0966. The minimum atomic E-state index is -0.199. The highest BCUT2D eigenvalue weighted by Crippen LogP contribution is 2.36. The highest BCUT2D eigenvalue weighted by molar-refractivity contribution is 7.99. The van der Waals surface area contributed by atoms with Gasteiger partial charge in [0.15, 0.2) is 5.78 Å². The molecule has 4 nitrogen and oxygen atoms in total. The Morgan fingerprint density at radius 3 is 2.32 bits per heavy atom. The second kappa shape index (κ2) is 8.76. The molecule has 5 heteroatoms. The van der Waals surface area contributed by atoms with Gasteiger partial charge in [-0.2, -0.15) is 0 Å². The van der Waals surface area contributed by atoms with Crippen molar-refractivity contribution in [2.45, 2.75) is 56.7 Å². The van der Waals surface area contributed by atoms with Crippen molar-refractivity contribution in [1.82, 2.24) is 9.55 Å². The number of aliphatic hydroxyl groups excluding tert-OH is 1. The Morgan fingerprint density at radius 2 is 1.75 bits per heavy atom. The zero-order valence-electron chi connectivity index (χ0n) is 16.8. The quantitative estimate of drug-likeness (QED) is 0.563. The Morgan fingerprint density at radius 1 is 1.11 bits per heavy atom. The lowest BCUT2D eigenvalue weighted by atomic mass is 10.1. The molecular weight excluding hydrogens is 368 g/mol. The normalized spacial score (nSPS) is 11.2. The maximum atomic E-state index is 12.8. The van der Waals surface area contributed by atoms with Gasteiger partial charge in [0.1, 0.15) is 17.5 Å². The summed E-state index contributed by atoms with van der Waals surface area (Å²) in [5, 5.41) is 10.8. The standard InChI is InChI=1S/C23H26N2O2S/c1-15(2)22-23(28-19-11-16(3)10-17(4)12-19)25(21(14-26)24-22)13-20(27)18-8-6-5-7-9-18/h5-12,15,26H,13-14H2,1-4H3. The Labute approximate surface area is 170 Å². The van der Waals surface area contributed by atoms with Crippen LogP contribution < -0.4 is 0 Å². The van der Waals surface area contributed by atoms with Crippen molar-refractivity contribution >= 4 is 17.5 Å². The summed E-state index contributed by atoms with van der Waals surface area (Å²) < 4.78 is 1.87. The highest BCUT2D eigenvalue weighted by atomic mass is 32.2. The predicted octanol–water partition coefficient (Wildman–Crippen LogP) is 5.15. The molecule has 0 aliphatic rings. The summed E-state index contributed by atoms with van der Waals surface area (Å²) in [5.41, 5.74) is 3.97. The van der Waals surface area contributed by atoms with Crippen molar-refractivity contribution in [1.29, 1.82) is 0 Å². The maximum Gasteiger partial charge on any atom is 0.182 e. The number of benzene rings is 2. The number of aryl methyl sites for hydroxylation is 2. The van der Waals surface area contributed by atoms with Crippen LogP contribution in [-0.2, 0) is 13.2 Å². The summed E-state index contributed by atoms with van der Waals surface area (Å²) in [6, 6.07) is 15.7. The molecule has 0 spiro atoms. The number of nitrogens with zero attached hydrogens (tertiary/aromatic N) is 2. The van der Waals surface area contributed by atoms with E-state index in [-0.39, 0.29) is 24.9 Å². The number of aliphatic hydroxyl groups is 1. The molecule has 1 aromatic heterocycles. The van der Waals surface area contributed by atoms with Gasteiger partial charge in [0.25, 0.3) is 0 Å². The zero-order valence-corrected chi connectivity index (χ0v) is 17.6. The van der Waals surface area contributed by atoms with Gasteiger partial charge in [-0.25, -0.2) is 4.98 Å². The van der Waals surface area contributed by atoms with Crippen LogP contribution in [0.25, 0.3) is 0 Å². The lowest BCUT2D eigenvalue weighted by Crippen LogP contribution is -2.14. The number of hydrogen-bond acceptors (Lipinski definition) is 4. The van der Waals surface area contributed by atoms with Gasteiger partial charge in [-0.15, -0.1) is 0 Å². The molecule has 0 unspecified atom stereocenters. The van der Waals surface area contributed by atoms with Crippen LogP contribution >= 0.6 is 11.8 Å². The van der Waals surface area contributed by atoms with Crippen LogP contribution in [0.2, 0.25) is 0 Å². The average molecular weight is 395 g/mol. The van der Waals surface area contributed by atoms with Crippen molar-refractivity contribution in [3.05, 3.63) is 76.7 Å². The van der Waals surface area contributed by atoms with E-state index in [0.29, 0.717) is 11.4 Å². The first-order chi connectivity index (χ1) is 13.4. The van der Waals surface area contributed by atoms with Gasteiger partial charge in [0.2, 0.25) is 0 Å². The van der Waals surface area contributed by atoms with Gasteiger partial charge >= 0.3 is 0 Å². The molecule has 0 radical (unpaired) electrons. The number of rotatable bonds is 7. The van der Waals surface area contributed by atoms with Gasteiger partial charge in [0, 0.05) is 10.5 Å². The summed E-state index contributed by atoms with van der Waals surface area (Å²) >= 11 is 1.61. The third kappa shape index (κ3) is 4.54. The maximum absolute atomic E-state index is 12.8. The molecule has 0 fully saturated rings. The smallest absolute Gasteiger partial charge is 0.182 e. The SMILES string of the molecule is Cc1cc(C)cc(Sc2c(C(C)C)nc(CO)n2CC(=O)c2ccccc2)c1. The van der Waals surface area contributed by atoms with Crippen LogP contribution in [0.1, 0.15) is 52.8 Å². The second-order valence-corrected chi connectivity index (χ2v) is 8.39. The third-order valence-corrected chi connectivity index (χ3v) is 5.62. The molecule has 0 saturated carbocycles. The lowest BCUT2D eigenvalue weighted by Gasteiger charge is -2.13. The molecule has 2 aromatic carbocycles. The zero-order chi connectivity index (χ0) is 20.3. The van der Waals surface area contributed by atoms with Crippen molar-refractivity contribution in [2.24, 2.45) is 0 Å².